The molecule has 1 aromatic rings. The molecular formula is C12H15BrClFN2. The molecule has 0 radical (unpaired) electrons. The summed E-state index contributed by atoms with van der Waals surface area (Å²) in [4.78, 5) is 2.20. The first-order valence-electron chi connectivity index (χ1n) is 5.68. The van der Waals surface area contributed by atoms with Crippen LogP contribution in [0.5, 0.6) is 0 Å². The molecule has 1 fully saturated rings. The quantitative estimate of drug-likeness (QED) is 0.898. The summed E-state index contributed by atoms with van der Waals surface area (Å²) in [5.74, 6) is -0.312. The van der Waals surface area contributed by atoms with Gasteiger partial charge in [-0.2, -0.15) is 0 Å². The van der Waals surface area contributed by atoms with Gasteiger partial charge in [-0.3, -0.25) is 0 Å². The zero-order valence-electron chi connectivity index (χ0n) is 9.64. The van der Waals surface area contributed by atoms with E-state index in [1.54, 1.807) is 0 Å². The Morgan fingerprint density at radius 1 is 1.53 bits per heavy atom. The van der Waals surface area contributed by atoms with Crippen molar-refractivity contribution in [2.45, 2.75) is 18.9 Å². The number of likely N-dealkylation sites (N-methyl/N-ethyl adjacent to an activating group) is 1. The smallest absolute Gasteiger partial charge is 0.125 e. The van der Waals surface area contributed by atoms with E-state index in [2.05, 4.69) is 26.1 Å². The molecule has 1 unspecified atom stereocenters. The van der Waals surface area contributed by atoms with Crippen LogP contribution in [0.15, 0.2) is 16.6 Å². The number of piperidine rings is 1. The highest BCUT2D eigenvalue weighted by Gasteiger charge is 2.22. The second-order valence-corrected chi connectivity index (χ2v) is 5.55. The molecule has 0 aromatic heterocycles. The van der Waals surface area contributed by atoms with Crippen LogP contribution in [0, 0.1) is 5.82 Å². The highest BCUT2D eigenvalue weighted by molar-refractivity contribution is 9.10. The maximum atomic E-state index is 13.2. The van der Waals surface area contributed by atoms with E-state index in [1.165, 1.54) is 18.6 Å². The standard InChI is InChI=1S/C12H15BrClFN2/c1-16-9-3-2-4-17(7-9)12-10(13)5-8(15)6-11(12)14/h5-6,9,16H,2-4,7H2,1H3. The Kier molecular flexibility index (Phi) is 4.28. The molecular weight excluding hydrogens is 307 g/mol. The summed E-state index contributed by atoms with van der Waals surface area (Å²) in [6.07, 6.45) is 2.29. The molecule has 94 valence electrons. The van der Waals surface area contributed by atoms with Gasteiger partial charge in [0.25, 0.3) is 0 Å². The summed E-state index contributed by atoms with van der Waals surface area (Å²) in [6.45, 7) is 1.86. The van der Waals surface area contributed by atoms with Gasteiger partial charge in [-0.05, 0) is 48.0 Å². The van der Waals surface area contributed by atoms with E-state index in [0.717, 1.165) is 29.7 Å². The summed E-state index contributed by atoms with van der Waals surface area (Å²) < 4.78 is 13.9. The van der Waals surface area contributed by atoms with Gasteiger partial charge in [0.1, 0.15) is 5.82 Å². The van der Waals surface area contributed by atoms with Crippen molar-refractivity contribution in [3.8, 4) is 0 Å². The van der Waals surface area contributed by atoms with Crippen molar-refractivity contribution in [3.63, 3.8) is 0 Å². The average Bonchev–Trinajstić information content (AvgIpc) is 2.28. The fraction of sp³-hybridized carbons (Fsp3) is 0.500. The molecule has 0 bridgehead atoms. The van der Waals surface area contributed by atoms with Crippen LogP contribution in [0.2, 0.25) is 5.02 Å². The topological polar surface area (TPSA) is 15.3 Å². The zero-order valence-corrected chi connectivity index (χ0v) is 12.0. The summed E-state index contributed by atoms with van der Waals surface area (Å²) in [5.41, 5.74) is 0.896. The van der Waals surface area contributed by atoms with Gasteiger partial charge in [0.2, 0.25) is 0 Å². The summed E-state index contributed by atoms with van der Waals surface area (Å²) >= 11 is 9.52. The van der Waals surface area contributed by atoms with E-state index in [-0.39, 0.29) is 5.82 Å². The zero-order chi connectivity index (χ0) is 12.4. The molecule has 1 N–H and O–H groups in total. The maximum Gasteiger partial charge on any atom is 0.125 e. The molecule has 1 aliphatic rings. The SMILES string of the molecule is CNC1CCCN(c2c(Cl)cc(F)cc2Br)C1. The fourth-order valence-electron chi connectivity index (χ4n) is 2.25. The van der Waals surface area contributed by atoms with Gasteiger partial charge < -0.3 is 10.2 Å². The van der Waals surface area contributed by atoms with Crippen molar-refractivity contribution in [3.05, 3.63) is 27.4 Å². The van der Waals surface area contributed by atoms with Crippen LogP contribution in [-0.4, -0.2) is 26.2 Å². The van der Waals surface area contributed by atoms with Crippen molar-refractivity contribution < 1.29 is 4.39 Å². The average molecular weight is 322 g/mol. The number of nitrogens with zero attached hydrogens (tertiary/aromatic N) is 1. The highest BCUT2D eigenvalue weighted by Crippen LogP contribution is 2.36. The lowest BCUT2D eigenvalue weighted by Gasteiger charge is -2.35. The number of hydrogen-bond acceptors (Lipinski definition) is 2. The number of benzene rings is 1. The lowest BCUT2D eigenvalue weighted by molar-refractivity contribution is 0.449. The van der Waals surface area contributed by atoms with E-state index in [0.29, 0.717) is 11.1 Å². The first-order chi connectivity index (χ1) is 8.11. The van der Waals surface area contributed by atoms with E-state index in [4.69, 9.17) is 11.6 Å². The fourth-order valence-corrected chi connectivity index (χ4v) is 3.38. The normalized spacial score (nSPS) is 20.7. The van der Waals surface area contributed by atoms with Gasteiger partial charge >= 0.3 is 0 Å². The van der Waals surface area contributed by atoms with Gasteiger partial charge in [0, 0.05) is 23.6 Å². The van der Waals surface area contributed by atoms with E-state index >= 15 is 0 Å². The van der Waals surface area contributed by atoms with Crippen molar-refractivity contribution in [1.29, 1.82) is 0 Å². The third-order valence-corrected chi connectivity index (χ3v) is 4.02. The summed E-state index contributed by atoms with van der Waals surface area (Å²) in [7, 11) is 1.97. The van der Waals surface area contributed by atoms with Crippen molar-refractivity contribution >= 4 is 33.2 Å². The predicted molar refractivity (Wildman–Crippen MR) is 73.4 cm³/mol. The van der Waals surface area contributed by atoms with Gasteiger partial charge in [-0.1, -0.05) is 11.6 Å². The molecule has 5 heteroatoms. The number of halogens is 3. The molecule has 2 rings (SSSR count). The third kappa shape index (κ3) is 2.92. The Bertz CT molecular complexity index is 390. The Hall–Kier alpha value is -0.320. The predicted octanol–water partition coefficient (Wildman–Crippen LogP) is 3.43. The Labute approximate surface area is 114 Å². The molecule has 1 aliphatic heterocycles. The van der Waals surface area contributed by atoms with Crippen LogP contribution in [-0.2, 0) is 0 Å². The van der Waals surface area contributed by atoms with E-state index < -0.39 is 0 Å². The monoisotopic (exact) mass is 320 g/mol. The Morgan fingerprint density at radius 3 is 2.94 bits per heavy atom. The minimum Gasteiger partial charge on any atom is -0.368 e. The second-order valence-electron chi connectivity index (χ2n) is 4.29. The number of nitrogens with one attached hydrogen (secondary N) is 1. The summed E-state index contributed by atoms with van der Waals surface area (Å²) in [6, 6.07) is 3.30. The minimum absolute atomic E-state index is 0.312. The van der Waals surface area contributed by atoms with Gasteiger partial charge in [-0.25, -0.2) is 4.39 Å². The van der Waals surface area contributed by atoms with Gasteiger partial charge in [-0.15, -0.1) is 0 Å². The Balaban J connectivity index is 2.27. The van der Waals surface area contributed by atoms with Crippen molar-refractivity contribution in [1.82, 2.24) is 5.32 Å². The van der Waals surface area contributed by atoms with E-state index in [1.807, 2.05) is 7.05 Å². The first-order valence-corrected chi connectivity index (χ1v) is 6.85. The molecule has 1 aromatic carbocycles. The van der Waals surface area contributed by atoms with Crippen LogP contribution >= 0.6 is 27.5 Å². The molecule has 1 atom stereocenters. The number of rotatable bonds is 2. The molecule has 0 spiro atoms. The number of hydrogen-bond donors (Lipinski definition) is 1. The largest absolute Gasteiger partial charge is 0.368 e. The third-order valence-electron chi connectivity index (χ3n) is 3.13. The van der Waals surface area contributed by atoms with Crippen LogP contribution in [0.25, 0.3) is 0 Å². The lowest BCUT2D eigenvalue weighted by Crippen LogP contribution is -2.44. The molecule has 0 aliphatic carbocycles. The number of anilines is 1. The first kappa shape index (κ1) is 13.1. The lowest BCUT2D eigenvalue weighted by atomic mass is 10.1. The minimum atomic E-state index is -0.312. The molecule has 1 heterocycles. The van der Waals surface area contributed by atoms with Gasteiger partial charge in [0.15, 0.2) is 0 Å². The van der Waals surface area contributed by atoms with Crippen LogP contribution in [0.1, 0.15) is 12.8 Å². The molecule has 0 saturated carbocycles. The molecule has 1 saturated heterocycles. The molecule has 0 amide bonds. The summed E-state index contributed by atoms with van der Waals surface area (Å²) in [5, 5.41) is 3.75. The molecule has 2 nitrogen and oxygen atoms in total. The van der Waals surface area contributed by atoms with Crippen molar-refractivity contribution in [2.24, 2.45) is 0 Å². The molecule has 17 heavy (non-hydrogen) atoms. The van der Waals surface area contributed by atoms with Gasteiger partial charge in [0.05, 0.1) is 10.7 Å². The maximum absolute atomic E-state index is 13.2. The van der Waals surface area contributed by atoms with Crippen LogP contribution < -0.4 is 10.2 Å². The Morgan fingerprint density at radius 2 is 2.29 bits per heavy atom. The van der Waals surface area contributed by atoms with Crippen molar-refractivity contribution in [2.75, 3.05) is 25.0 Å². The highest BCUT2D eigenvalue weighted by atomic mass is 79.9. The van der Waals surface area contributed by atoms with Crippen LogP contribution in [0.4, 0.5) is 10.1 Å². The van der Waals surface area contributed by atoms with E-state index in [9.17, 15) is 4.39 Å². The van der Waals surface area contributed by atoms with Crippen LogP contribution in [0.3, 0.4) is 0 Å². The second kappa shape index (κ2) is 5.55.